The first-order chi connectivity index (χ1) is 17.9. The minimum atomic E-state index is -0.815. The van der Waals surface area contributed by atoms with E-state index in [9.17, 15) is 14.7 Å². The van der Waals surface area contributed by atoms with E-state index < -0.39 is 17.7 Å². The van der Waals surface area contributed by atoms with Crippen LogP contribution in [-0.2, 0) is 22.6 Å². The quantitative estimate of drug-likeness (QED) is 0.279. The number of rotatable bonds is 7. The second kappa shape index (κ2) is 10.0. The van der Waals surface area contributed by atoms with E-state index in [0.29, 0.717) is 29.2 Å². The van der Waals surface area contributed by atoms with Gasteiger partial charge in [0.15, 0.2) is 0 Å². The number of Topliss-reactive ketones (excluding diaryl/α,β-unsaturated/α-hetero) is 1. The minimum absolute atomic E-state index is 0.0421. The zero-order valence-electron chi connectivity index (χ0n) is 21.1. The van der Waals surface area contributed by atoms with Gasteiger partial charge in [-0.25, -0.2) is 0 Å². The molecule has 0 spiro atoms. The maximum atomic E-state index is 13.5. The summed E-state index contributed by atoms with van der Waals surface area (Å²) in [5.74, 6) is 0.365. The minimum Gasteiger partial charge on any atom is -0.507 e. The number of carbonyl (C=O) groups is 2. The molecule has 3 aromatic rings. The van der Waals surface area contributed by atoms with Gasteiger partial charge in [0.25, 0.3) is 11.7 Å². The summed E-state index contributed by atoms with van der Waals surface area (Å²) in [7, 11) is 1.56. The Morgan fingerprint density at radius 1 is 1.08 bits per heavy atom. The van der Waals surface area contributed by atoms with Gasteiger partial charge in [0, 0.05) is 17.5 Å². The second-order valence-electron chi connectivity index (χ2n) is 9.40. The number of ether oxygens (including phenoxy) is 3. The molecule has 190 valence electrons. The summed E-state index contributed by atoms with van der Waals surface area (Å²) in [5.41, 5.74) is 2.88. The van der Waals surface area contributed by atoms with Crippen LogP contribution in [0.2, 0.25) is 0 Å². The molecule has 7 nitrogen and oxygen atoms in total. The standard InChI is InChI=1S/C30H29NO6/c1-18(2)37-23-9-6-8-20(16-23)27-26(28(32)21-11-12-25-19(15-21)13-14-36-25)29(33)30(34)31(27)17-22-7-4-5-10-24(22)35-3/h4-12,15-16,18,27,32H,13-14,17H2,1-3H3/b28-26-. The van der Waals surface area contributed by atoms with E-state index in [4.69, 9.17) is 14.2 Å². The number of methoxy groups -OCH3 is 1. The highest BCUT2D eigenvalue weighted by Crippen LogP contribution is 2.42. The molecule has 2 aliphatic rings. The Bertz CT molecular complexity index is 1390. The number of ketones is 1. The fraction of sp³-hybridized carbons (Fsp3) is 0.267. The number of nitrogens with zero attached hydrogens (tertiary/aromatic N) is 1. The zero-order valence-corrected chi connectivity index (χ0v) is 21.1. The normalized spacial score (nSPS) is 18.2. The Labute approximate surface area is 215 Å². The third-order valence-corrected chi connectivity index (χ3v) is 6.58. The van der Waals surface area contributed by atoms with E-state index in [0.717, 1.165) is 23.3 Å². The van der Waals surface area contributed by atoms with Crippen LogP contribution in [0.5, 0.6) is 17.2 Å². The molecule has 1 atom stereocenters. The van der Waals surface area contributed by atoms with Crippen LogP contribution in [0.4, 0.5) is 0 Å². The highest BCUT2D eigenvalue weighted by molar-refractivity contribution is 6.46. The van der Waals surface area contributed by atoms with Crippen molar-refractivity contribution in [2.45, 2.75) is 39.0 Å². The van der Waals surface area contributed by atoms with Crippen LogP contribution < -0.4 is 14.2 Å². The summed E-state index contributed by atoms with van der Waals surface area (Å²) in [6, 6.07) is 19.2. The van der Waals surface area contributed by atoms with Gasteiger partial charge in [-0.1, -0.05) is 30.3 Å². The lowest BCUT2D eigenvalue weighted by molar-refractivity contribution is -0.140. The van der Waals surface area contributed by atoms with E-state index in [2.05, 4.69) is 0 Å². The predicted octanol–water partition coefficient (Wildman–Crippen LogP) is 5.04. The van der Waals surface area contributed by atoms with Gasteiger partial charge in [-0.15, -0.1) is 0 Å². The molecular weight excluding hydrogens is 470 g/mol. The van der Waals surface area contributed by atoms with Crippen LogP contribution in [0, 0.1) is 0 Å². The van der Waals surface area contributed by atoms with Gasteiger partial charge in [0.2, 0.25) is 0 Å². The average molecular weight is 500 g/mol. The first kappa shape index (κ1) is 24.4. The van der Waals surface area contributed by atoms with Crippen LogP contribution >= 0.6 is 0 Å². The molecule has 1 saturated heterocycles. The number of hydrogen-bond acceptors (Lipinski definition) is 6. The van der Waals surface area contributed by atoms with Crippen molar-refractivity contribution < 1.29 is 28.9 Å². The number of aliphatic hydroxyl groups excluding tert-OH is 1. The molecule has 0 bridgehead atoms. The summed E-state index contributed by atoms with van der Waals surface area (Å²) < 4.78 is 17.0. The molecule has 2 aliphatic heterocycles. The molecular formula is C30H29NO6. The molecule has 0 radical (unpaired) electrons. The Morgan fingerprint density at radius 2 is 1.89 bits per heavy atom. The monoisotopic (exact) mass is 499 g/mol. The second-order valence-corrected chi connectivity index (χ2v) is 9.40. The number of hydrogen-bond donors (Lipinski definition) is 1. The number of carbonyl (C=O) groups excluding carboxylic acids is 2. The van der Waals surface area contributed by atoms with Crippen LogP contribution in [0.1, 0.15) is 42.1 Å². The number of fused-ring (bicyclic) bond motifs is 1. The summed E-state index contributed by atoms with van der Waals surface area (Å²) >= 11 is 0. The van der Waals surface area contributed by atoms with Crippen molar-refractivity contribution in [1.29, 1.82) is 0 Å². The van der Waals surface area contributed by atoms with Crippen molar-refractivity contribution in [3.05, 3.63) is 94.6 Å². The molecule has 0 aliphatic carbocycles. The molecule has 0 aromatic heterocycles. The largest absolute Gasteiger partial charge is 0.507 e. The Hall–Kier alpha value is -4.26. The maximum absolute atomic E-state index is 13.5. The van der Waals surface area contributed by atoms with Crippen LogP contribution in [-0.4, -0.2) is 41.5 Å². The van der Waals surface area contributed by atoms with Crippen LogP contribution in [0.25, 0.3) is 5.76 Å². The summed E-state index contributed by atoms with van der Waals surface area (Å²) in [6.45, 7) is 4.56. The Morgan fingerprint density at radius 3 is 2.68 bits per heavy atom. The maximum Gasteiger partial charge on any atom is 0.295 e. The number of benzene rings is 3. The average Bonchev–Trinajstić information content (AvgIpc) is 3.46. The SMILES string of the molecule is COc1ccccc1CN1C(=O)C(=O)/C(=C(\O)c2ccc3c(c2)CCO3)C1c1cccc(OC(C)C)c1. The fourth-order valence-electron chi connectivity index (χ4n) is 4.93. The molecule has 7 heteroatoms. The summed E-state index contributed by atoms with van der Waals surface area (Å²) in [4.78, 5) is 28.4. The topological polar surface area (TPSA) is 85.3 Å². The molecule has 3 aromatic carbocycles. The van der Waals surface area contributed by atoms with Crippen molar-refractivity contribution in [2.75, 3.05) is 13.7 Å². The van der Waals surface area contributed by atoms with Crippen molar-refractivity contribution >= 4 is 17.4 Å². The van der Waals surface area contributed by atoms with Gasteiger partial charge in [-0.05, 0) is 61.4 Å². The van der Waals surface area contributed by atoms with Crippen LogP contribution in [0.15, 0.2) is 72.3 Å². The smallest absolute Gasteiger partial charge is 0.295 e. The molecule has 1 fully saturated rings. The molecule has 0 saturated carbocycles. The highest BCUT2D eigenvalue weighted by Gasteiger charge is 2.46. The lowest BCUT2D eigenvalue weighted by atomic mass is 9.94. The molecule has 1 unspecified atom stereocenters. The van der Waals surface area contributed by atoms with Gasteiger partial charge in [0.05, 0.1) is 38.0 Å². The van der Waals surface area contributed by atoms with Crippen molar-refractivity contribution in [3.63, 3.8) is 0 Å². The van der Waals surface area contributed by atoms with E-state index >= 15 is 0 Å². The molecule has 1 amide bonds. The number of aliphatic hydroxyl groups is 1. The summed E-state index contributed by atoms with van der Waals surface area (Å²) in [6.07, 6.45) is 0.667. The first-order valence-electron chi connectivity index (χ1n) is 12.3. The third kappa shape index (κ3) is 4.65. The number of likely N-dealkylation sites (tertiary alicyclic amines) is 1. The van der Waals surface area contributed by atoms with Crippen molar-refractivity contribution in [3.8, 4) is 17.2 Å². The number of amides is 1. The lowest BCUT2D eigenvalue weighted by Gasteiger charge is -2.26. The van der Waals surface area contributed by atoms with E-state index in [-0.39, 0.29) is 24.0 Å². The lowest BCUT2D eigenvalue weighted by Crippen LogP contribution is -2.29. The molecule has 5 rings (SSSR count). The van der Waals surface area contributed by atoms with E-state index in [1.54, 1.807) is 19.2 Å². The Kier molecular flexibility index (Phi) is 6.61. The van der Waals surface area contributed by atoms with Gasteiger partial charge in [-0.3, -0.25) is 9.59 Å². The van der Waals surface area contributed by atoms with Crippen LogP contribution in [0.3, 0.4) is 0 Å². The van der Waals surface area contributed by atoms with Gasteiger partial charge < -0.3 is 24.2 Å². The molecule has 37 heavy (non-hydrogen) atoms. The zero-order chi connectivity index (χ0) is 26.1. The molecule has 2 heterocycles. The number of para-hydroxylation sites is 1. The highest BCUT2D eigenvalue weighted by atomic mass is 16.5. The fourth-order valence-corrected chi connectivity index (χ4v) is 4.93. The van der Waals surface area contributed by atoms with Crippen molar-refractivity contribution in [1.82, 2.24) is 4.90 Å². The van der Waals surface area contributed by atoms with E-state index in [1.165, 1.54) is 4.90 Å². The Balaban J connectivity index is 1.64. The van der Waals surface area contributed by atoms with Crippen molar-refractivity contribution in [2.24, 2.45) is 0 Å². The third-order valence-electron chi connectivity index (χ3n) is 6.58. The molecule has 1 N–H and O–H groups in total. The first-order valence-corrected chi connectivity index (χ1v) is 12.3. The van der Waals surface area contributed by atoms with Gasteiger partial charge >= 0.3 is 0 Å². The van der Waals surface area contributed by atoms with E-state index in [1.807, 2.05) is 68.4 Å². The summed E-state index contributed by atoms with van der Waals surface area (Å²) in [5, 5.41) is 11.5. The van der Waals surface area contributed by atoms with Gasteiger partial charge in [-0.2, -0.15) is 0 Å². The predicted molar refractivity (Wildman–Crippen MR) is 139 cm³/mol. The van der Waals surface area contributed by atoms with Gasteiger partial charge in [0.1, 0.15) is 23.0 Å².